The summed E-state index contributed by atoms with van der Waals surface area (Å²) < 4.78 is 5.06. The number of anilines is 2. The van der Waals surface area contributed by atoms with Crippen LogP contribution in [-0.4, -0.2) is 47.5 Å². The van der Waals surface area contributed by atoms with Gasteiger partial charge in [0.2, 0.25) is 0 Å². The molecule has 24 heavy (non-hydrogen) atoms. The maximum atomic E-state index is 12.1. The summed E-state index contributed by atoms with van der Waals surface area (Å²) in [6.45, 7) is 3.54. The smallest absolute Gasteiger partial charge is 0.321 e. The maximum Gasteiger partial charge on any atom is 0.321 e. The van der Waals surface area contributed by atoms with Gasteiger partial charge in [-0.25, -0.2) is 9.78 Å². The second kappa shape index (κ2) is 7.43. The van der Waals surface area contributed by atoms with Crippen LogP contribution in [-0.2, 0) is 0 Å². The minimum Gasteiger partial charge on any atom is -0.486 e. The van der Waals surface area contributed by atoms with Gasteiger partial charge in [0.05, 0.1) is 19.0 Å². The molecule has 8 nitrogen and oxygen atoms in total. The van der Waals surface area contributed by atoms with Crippen LogP contribution in [0.2, 0.25) is 0 Å². The van der Waals surface area contributed by atoms with Crippen molar-refractivity contribution in [3.05, 3.63) is 24.0 Å². The molecule has 0 bridgehead atoms. The number of aromatic nitrogens is 3. The summed E-state index contributed by atoms with van der Waals surface area (Å²) in [4.78, 5) is 18.4. The van der Waals surface area contributed by atoms with Gasteiger partial charge in [-0.05, 0) is 31.9 Å². The third-order valence-corrected chi connectivity index (χ3v) is 4.64. The van der Waals surface area contributed by atoms with Gasteiger partial charge in [-0.1, -0.05) is 11.3 Å². The summed E-state index contributed by atoms with van der Waals surface area (Å²) >= 11 is 1.29. The highest BCUT2D eigenvalue weighted by Gasteiger charge is 2.22. The lowest BCUT2D eigenvalue weighted by molar-refractivity contribution is 0.246. The van der Waals surface area contributed by atoms with Crippen molar-refractivity contribution in [2.45, 2.75) is 25.8 Å². The van der Waals surface area contributed by atoms with E-state index in [9.17, 15) is 4.79 Å². The highest BCUT2D eigenvalue weighted by molar-refractivity contribution is 7.17. The number of amides is 2. The van der Waals surface area contributed by atoms with Crippen molar-refractivity contribution < 1.29 is 9.53 Å². The summed E-state index contributed by atoms with van der Waals surface area (Å²) in [6.07, 6.45) is 3.51. The number of nitrogens with zero attached hydrogens (tertiary/aromatic N) is 4. The fourth-order valence-electron chi connectivity index (χ4n) is 2.59. The number of aryl methyl sites for hydroxylation is 1. The third-order valence-electron chi connectivity index (χ3n) is 3.77. The molecule has 128 valence electrons. The van der Waals surface area contributed by atoms with E-state index in [1.54, 1.807) is 13.3 Å². The fourth-order valence-corrected chi connectivity index (χ4v) is 3.22. The van der Waals surface area contributed by atoms with E-state index in [1.165, 1.54) is 11.3 Å². The molecule has 2 aromatic rings. The van der Waals surface area contributed by atoms with Gasteiger partial charge < -0.3 is 15.0 Å². The molecule has 0 spiro atoms. The number of piperidine rings is 1. The Labute approximate surface area is 144 Å². The second-order valence-corrected chi connectivity index (χ2v) is 6.60. The van der Waals surface area contributed by atoms with Gasteiger partial charge in [0, 0.05) is 19.1 Å². The summed E-state index contributed by atoms with van der Waals surface area (Å²) in [7, 11) is 1.57. The Bertz CT molecular complexity index is 690. The van der Waals surface area contributed by atoms with Crippen molar-refractivity contribution in [3.63, 3.8) is 0 Å². The number of hydrogen-bond donors (Lipinski definition) is 2. The number of methoxy groups -OCH3 is 1. The molecule has 1 unspecified atom stereocenters. The molecule has 1 fully saturated rings. The lowest BCUT2D eigenvalue weighted by atomic mass is 10.1. The van der Waals surface area contributed by atoms with Gasteiger partial charge in [-0.15, -0.1) is 5.10 Å². The molecule has 0 saturated carbocycles. The number of thiazole rings is 1. The summed E-state index contributed by atoms with van der Waals surface area (Å²) in [5, 5.41) is 15.2. The average molecular weight is 348 g/mol. The van der Waals surface area contributed by atoms with Crippen LogP contribution in [0, 0.1) is 6.92 Å². The van der Waals surface area contributed by atoms with Gasteiger partial charge >= 0.3 is 6.03 Å². The van der Waals surface area contributed by atoms with Crippen LogP contribution in [0.3, 0.4) is 0 Å². The highest BCUT2D eigenvalue weighted by Crippen LogP contribution is 2.24. The monoisotopic (exact) mass is 348 g/mol. The Morgan fingerprint density at radius 2 is 2.29 bits per heavy atom. The van der Waals surface area contributed by atoms with Gasteiger partial charge in [0.15, 0.2) is 16.0 Å². The van der Waals surface area contributed by atoms with Crippen LogP contribution in [0.15, 0.2) is 18.3 Å². The van der Waals surface area contributed by atoms with E-state index in [2.05, 4.69) is 30.7 Å². The Morgan fingerprint density at radius 3 is 3.00 bits per heavy atom. The van der Waals surface area contributed by atoms with Crippen molar-refractivity contribution in [2.24, 2.45) is 0 Å². The topological polar surface area (TPSA) is 92.3 Å². The van der Waals surface area contributed by atoms with E-state index in [1.807, 2.05) is 19.1 Å². The first kappa shape index (κ1) is 16.4. The Hall–Kier alpha value is -2.42. The number of hydrogen-bond acceptors (Lipinski definition) is 7. The normalized spacial score (nSPS) is 17.4. The quantitative estimate of drug-likeness (QED) is 0.878. The second-order valence-electron chi connectivity index (χ2n) is 5.61. The first-order chi connectivity index (χ1) is 11.6. The minimum atomic E-state index is -0.256. The lowest BCUT2D eigenvalue weighted by Gasteiger charge is -2.33. The molecule has 3 rings (SSSR count). The first-order valence-electron chi connectivity index (χ1n) is 7.76. The predicted molar refractivity (Wildman–Crippen MR) is 92.8 cm³/mol. The molecule has 2 N–H and O–H groups in total. The number of carbonyl (C=O) groups excluding carboxylic acids is 1. The van der Waals surface area contributed by atoms with Crippen LogP contribution in [0.1, 0.15) is 18.5 Å². The van der Waals surface area contributed by atoms with E-state index < -0.39 is 0 Å². The third kappa shape index (κ3) is 4.10. The van der Waals surface area contributed by atoms with Crippen molar-refractivity contribution in [2.75, 3.05) is 30.4 Å². The zero-order valence-corrected chi connectivity index (χ0v) is 14.5. The van der Waals surface area contributed by atoms with Crippen LogP contribution in [0.25, 0.3) is 0 Å². The largest absolute Gasteiger partial charge is 0.486 e. The number of nitrogens with one attached hydrogen (secondary N) is 2. The number of ether oxygens (including phenoxy) is 1. The van der Waals surface area contributed by atoms with E-state index in [4.69, 9.17) is 4.74 Å². The Balaban J connectivity index is 1.54. The number of rotatable bonds is 4. The molecular weight excluding hydrogens is 328 g/mol. The predicted octanol–water partition coefficient (Wildman–Crippen LogP) is 2.04. The SMILES string of the molecule is COc1cnc(NC(=O)NC2CCCN(c3ccc(C)nn3)C2)s1. The van der Waals surface area contributed by atoms with Crippen molar-refractivity contribution in [1.82, 2.24) is 20.5 Å². The molecule has 1 saturated heterocycles. The molecule has 1 atom stereocenters. The van der Waals surface area contributed by atoms with Gasteiger partial charge in [-0.3, -0.25) is 5.32 Å². The number of carbonyl (C=O) groups is 1. The molecule has 1 aliphatic rings. The van der Waals surface area contributed by atoms with Crippen molar-refractivity contribution in [1.29, 1.82) is 0 Å². The molecule has 3 heterocycles. The van der Waals surface area contributed by atoms with Gasteiger partial charge in [-0.2, -0.15) is 5.10 Å². The van der Waals surface area contributed by atoms with Crippen LogP contribution >= 0.6 is 11.3 Å². The average Bonchev–Trinajstić information content (AvgIpc) is 3.03. The van der Waals surface area contributed by atoms with Crippen molar-refractivity contribution in [3.8, 4) is 5.06 Å². The zero-order valence-electron chi connectivity index (χ0n) is 13.7. The Kier molecular flexibility index (Phi) is 5.09. The molecule has 1 aliphatic heterocycles. The minimum absolute atomic E-state index is 0.0590. The fraction of sp³-hybridized carbons (Fsp3) is 0.467. The Morgan fingerprint density at radius 1 is 1.42 bits per heavy atom. The molecule has 0 radical (unpaired) electrons. The van der Waals surface area contributed by atoms with Crippen molar-refractivity contribution >= 4 is 28.3 Å². The van der Waals surface area contributed by atoms with E-state index in [0.29, 0.717) is 16.7 Å². The van der Waals surface area contributed by atoms with Crippen LogP contribution in [0.5, 0.6) is 5.06 Å². The summed E-state index contributed by atoms with van der Waals surface area (Å²) in [5.74, 6) is 0.845. The molecular formula is C15H20N6O2S. The molecule has 0 aromatic carbocycles. The number of urea groups is 1. The summed E-state index contributed by atoms with van der Waals surface area (Å²) in [6, 6.07) is 3.71. The van der Waals surface area contributed by atoms with E-state index in [-0.39, 0.29) is 12.1 Å². The van der Waals surface area contributed by atoms with E-state index in [0.717, 1.165) is 30.9 Å². The molecule has 2 aromatic heterocycles. The van der Waals surface area contributed by atoms with E-state index >= 15 is 0 Å². The molecule has 2 amide bonds. The van der Waals surface area contributed by atoms with Gasteiger partial charge in [0.25, 0.3) is 0 Å². The molecule has 0 aliphatic carbocycles. The zero-order chi connectivity index (χ0) is 16.9. The first-order valence-corrected chi connectivity index (χ1v) is 8.58. The van der Waals surface area contributed by atoms with Gasteiger partial charge in [0.1, 0.15) is 0 Å². The van der Waals surface area contributed by atoms with Crippen LogP contribution < -0.4 is 20.3 Å². The lowest BCUT2D eigenvalue weighted by Crippen LogP contribution is -2.49. The van der Waals surface area contributed by atoms with Crippen LogP contribution in [0.4, 0.5) is 15.7 Å². The summed E-state index contributed by atoms with van der Waals surface area (Å²) in [5.41, 5.74) is 0.892. The maximum absolute atomic E-state index is 12.1. The molecule has 9 heteroatoms. The highest BCUT2D eigenvalue weighted by atomic mass is 32.1. The standard InChI is InChI=1S/C15H20N6O2S/c1-10-5-6-12(20-19-10)21-7-3-4-11(9-21)17-14(22)18-15-16-8-13(23-2)24-15/h5-6,8,11H,3-4,7,9H2,1-2H3,(H2,16,17,18,22).